The Balaban J connectivity index is 2.13. The second kappa shape index (κ2) is 5.82. The Kier molecular flexibility index (Phi) is 4.15. The molecule has 0 aliphatic heterocycles. The van der Waals surface area contributed by atoms with Gasteiger partial charge in [-0.05, 0) is 25.5 Å². The van der Waals surface area contributed by atoms with Crippen LogP contribution in [-0.2, 0) is 20.0 Å². The fourth-order valence-electron chi connectivity index (χ4n) is 2.13. The minimum atomic E-state index is 0.240. The first-order valence-electron chi connectivity index (χ1n) is 6.46. The fraction of sp³-hybridized carbons (Fsp3) is 0.538. The van der Waals surface area contributed by atoms with Crippen LogP contribution in [0, 0.1) is 0 Å². The molecule has 18 heavy (non-hydrogen) atoms. The maximum absolute atomic E-state index is 4.43. The Bertz CT molecular complexity index is 485. The topological polar surface area (TPSA) is 47.7 Å². The zero-order chi connectivity index (χ0) is 13.0. The third-order valence-electron chi connectivity index (χ3n) is 3.07. The molecule has 98 valence electrons. The maximum atomic E-state index is 4.43. The molecule has 5 nitrogen and oxygen atoms in total. The first-order chi connectivity index (χ1) is 8.74. The molecule has 0 saturated heterocycles. The molecule has 0 aromatic carbocycles. The van der Waals surface area contributed by atoms with Crippen LogP contribution in [0.15, 0.2) is 24.8 Å². The van der Waals surface area contributed by atoms with Crippen LogP contribution in [0.5, 0.6) is 0 Å². The summed E-state index contributed by atoms with van der Waals surface area (Å²) in [6.07, 6.45) is 8.78. The number of imidazole rings is 1. The highest BCUT2D eigenvalue weighted by Gasteiger charge is 2.16. The monoisotopic (exact) mass is 247 g/mol. The van der Waals surface area contributed by atoms with Crippen LogP contribution in [0.1, 0.15) is 31.3 Å². The van der Waals surface area contributed by atoms with Crippen LogP contribution in [-0.4, -0.2) is 25.9 Å². The molecule has 0 saturated carbocycles. The van der Waals surface area contributed by atoms with Crippen molar-refractivity contribution in [3.8, 4) is 0 Å². The van der Waals surface area contributed by atoms with Crippen LogP contribution in [0.4, 0.5) is 0 Å². The van der Waals surface area contributed by atoms with Gasteiger partial charge in [0.05, 0.1) is 12.2 Å². The van der Waals surface area contributed by atoms with Gasteiger partial charge in [-0.1, -0.05) is 6.92 Å². The fourth-order valence-corrected chi connectivity index (χ4v) is 2.13. The largest absolute Gasteiger partial charge is 0.337 e. The summed E-state index contributed by atoms with van der Waals surface area (Å²) in [6, 6.07) is 0.240. The molecule has 0 fully saturated rings. The van der Waals surface area contributed by atoms with Gasteiger partial charge in [0.25, 0.3) is 0 Å². The summed E-state index contributed by atoms with van der Waals surface area (Å²) in [6.45, 7) is 6.05. The summed E-state index contributed by atoms with van der Waals surface area (Å²) in [5.74, 6) is 1.07. The minimum Gasteiger partial charge on any atom is -0.337 e. The molecular weight excluding hydrogens is 226 g/mol. The molecule has 1 N–H and O–H groups in total. The third-order valence-corrected chi connectivity index (χ3v) is 3.07. The molecule has 2 heterocycles. The molecule has 2 rings (SSSR count). The quantitative estimate of drug-likeness (QED) is 0.842. The van der Waals surface area contributed by atoms with Gasteiger partial charge < -0.3 is 9.88 Å². The second-order valence-electron chi connectivity index (χ2n) is 4.42. The Morgan fingerprint density at radius 2 is 2.22 bits per heavy atom. The van der Waals surface area contributed by atoms with Crippen LogP contribution < -0.4 is 5.32 Å². The average Bonchev–Trinajstić information content (AvgIpc) is 2.97. The van der Waals surface area contributed by atoms with E-state index in [0.717, 1.165) is 25.3 Å². The summed E-state index contributed by atoms with van der Waals surface area (Å²) < 4.78 is 4.02. The molecule has 2 aromatic rings. The Labute approximate surface area is 108 Å². The summed E-state index contributed by atoms with van der Waals surface area (Å²) in [4.78, 5) is 4.43. The smallest absolute Gasteiger partial charge is 0.125 e. The van der Waals surface area contributed by atoms with Crippen LogP contribution in [0.2, 0.25) is 0 Å². The lowest BCUT2D eigenvalue weighted by molar-refractivity contribution is 0.506. The van der Waals surface area contributed by atoms with Gasteiger partial charge in [0.1, 0.15) is 5.82 Å². The van der Waals surface area contributed by atoms with E-state index in [1.807, 2.05) is 30.3 Å². The van der Waals surface area contributed by atoms with Gasteiger partial charge in [0.2, 0.25) is 0 Å². The lowest BCUT2D eigenvalue weighted by Crippen LogP contribution is -2.25. The van der Waals surface area contributed by atoms with Crippen molar-refractivity contribution in [1.29, 1.82) is 0 Å². The number of aryl methyl sites for hydroxylation is 2. The minimum absolute atomic E-state index is 0.240. The number of likely N-dealkylation sites (N-methyl/N-ethyl adjacent to an activating group) is 1. The molecule has 1 unspecified atom stereocenters. The zero-order valence-corrected chi connectivity index (χ0v) is 11.3. The van der Waals surface area contributed by atoms with Gasteiger partial charge in [-0.3, -0.25) is 4.68 Å². The number of hydrogen-bond acceptors (Lipinski definition) is 3. The molecule has 1 atom stereocenters. The SMILES string of the molecule is CCNC(Cc1cnn(CC)c1)c1nccn1C. The van der Waals surface area contributed by atoms with E-state index in [-0.39, 0.29) is 6.04 Å². The van der Waals surface area contributed by atoms with Crippen molar-refractivity contribution in [2.24, 2.45) is 7.05 Å². The second-order valence-corrected chi connectivity index (χ2v) is 4.42. The van der Waals surface area contributed by atoms with Crippen molar-refractivity contribution in [2.75, 3.05) is 6.54 Å². The lowest BCUT2D eigenvalue weighted by Gasteiger charge is -2.16. The van der Waals surface area contributed by atoms with Gasteiger partial charge in [-0.25, -0.2) is 4.98 Å². The van der Waals surface area contributed by atoms with Gasteiger partial charge in [0.15, 0.2) is 0 Å². The van der Waals surface area contributed by atoms with Crippen molar-refractivity contribution in [2.45, 2.75) is 32.9 Å². The van der Waals surface area contributed by atoms with Crippen molar-refractivity contribution in [3.63, 3.8) is 0 Å². The average molecular weight is 247 g/mol. The number of rotatable bonds is 6. The first kappa shape index (κ1) is 12.8. The molecule has 0 amide bonds. The standard InChI is InChI=1S/C13H21N5/c1-4-14-12(13-15-6-7-17(13)3)8-11-9-16-18(5-2)10-11/h6-7,9-10,12,14H,4-5,8H2,1-3H3. The number of aromatic nitrogens is 4. The predicted octanol–water partition coefficient (Wildman–Crippen LogP) is 1.53. The number of nitrogens with one attached hydrogen (secondary N) is 1. The van der Waals surface area contributed by atoms with E-state index >= 15 is 0 Å². The van der Waals surface area contributed by atoms with Gasteiger partial charge in [-0.2, -0.15) is 5.10 Å². The van der Waals surface area contributed by atoms with E-state index in [2.05, 4.69) is 40.0 Å². The summed E-state index contributed by atoms with van der Waals surface area (Å²) in [5.41, 5.74) is 1.24. The predicted molar refractivity (Wildman–Crippen MR) is 71.2 cm³/mol. The molecule has 0 radical (unpaired) electrons. The maximum Gasteiger partial charge on any atom is 0.125 e. The number of nitrogens with zero attached hydrogens (tertiary/aromatic N) is 4. The van der Waals surface area contributed by atoms with E-state index < -0.39 is 0 Å². The molecule has 5 heteroatoms. The molecule has 2 aromatic heterocycles. The van der Waals surface area contributed by atoms with Crippen LogP contribution in [0.3, 0.4) is 0 Å². The molecule has 0 bridgehead atoms. The summed E-state index contributed by atoms with van der Waals surface area (Å²) in [7, 11) is 2.03. The molecule has 0 aliphatic rings. The van der Waals surface area contributed by atoms with Gasteiger partial charge in [0, 0.05) is 32.2 Å². The van der Waals surface area contributed by atoms with Gasteiger partial charge >= 0.3 is 0 Å². The summed E-state index contributed by atoms with van der Waals surface area (Å²) in [5, 5.41) is 7.79. The first-order valence-corrected chi connectivity index (χ1v) is 6.46. The third kappa shape index (κ3) is 2.79. The highest BCUT2D eigenvalue weighted by atomic mass is 15.3. The van der Waals surface area contributed by atoms with E-state index in [4.69, 9.17) is 0 Å². The molecule has 0 spiro atoms. The van der Waals surface area contributed by atoms with Crippen molar-refractivity contribution in [3.05, 3.63) is 36.2 Å². The highest BCUT2D eigenvalue weighted by Crippen LogP contribution is 2.16. The highest BCUT2D eigenvalue weighted by molar-refractivity contribution is 5.10. The van der Waals surface area contributed by atoms with Crippen LogP contribution >= 0.6 is 0 Å². The number of hydrogen-bond donors (Lipinski definition) is 1. The molecular formula is C13H21N5. The summed E-state index contributed by atoms with van der Waals surface area (Å²) >= 11 is 0. The van der Waals surface area contributed by atoms with E-state index in [0.29, 0.717) is 0 Å². The van der Waals surface area contributed by atoms with E-state index in [1.165, 1.54) is 5.56 Å². The Hall–Kier alpha value is -1.62. The Morgan fingerprint density at radius 3 is 2.78 bits per heavy atom. The van der Waals surface area contributed by atoms with E-state index in [1.54, 1.807) is 0 Å². The van der Waals surface area contributed by atoms with E-state index in [9.17, 15) is 0 Å². The molecule has 0 aliphatic carbocycles. The van der Waals surface area contributed by atoms with Crippen LogP contribution in [0.25, 0.3) is 0 Å². The Morgan fingerprint density at radius 1 is 1.39 bits per heavy atom. The van der Waals surface area contributed by atoms with Gasteiger partial charge in [-0.15, -0.1) is 0 Å². The van der Waals surface area contributed by atoms with Crippen molar-refractivity contribution < 1.29 is 0 Å². The normalized spacial score (nSPS) is 12.8. The zero-order valence-electron chi connectivity index (χ0n) is 11.3. The van der Waals surface area contributed by atoms with Crippen molar-refractivity contribution in [1.82, 2.24) is 24.6 Å². The lowest BCUT2D eigenvalue weighted by atomic mass is 10.1. The van der Waals surface area contributed by atoms with Crippen molar-refractivity contribution >= 4 is 0 Å².